The second-order valence-electron chi connectivity index (χ2n) is 13.1. The SMILES string of the molecule is Cc1ccc(Cc2ccc(-n3c(=O)n(-c4ccc(Cc5ccc(N=C=O)cc5)cc4)c(=O)n(-c4ccc(Cc5ccc(OC#N)cc5)cc4)c3=O)cc2)cc1. The van der Waals surface area contributed by atoms with Crippen LogP contribution in [0.25, 0.3) is 17.1 Å². The number of ether oxygens (including phenoxy) is 1. The van der Waals surface area contributed by atoms with Gasteiger partial charge in [-0.3, -0.25) is 0 Å². The third-order valence-corrected chi connectivity index (χ3v) is 9.27. The van der Waals surface area contributed by atoms with Gasteiger partial charge < -0.3 is 4.74 Å². The fourth-order valence-corrected chi connectivity index (χ4v) is 6.38. The minimum absolute atomic E-state index is 0.299. The number of aromatic nitrogens is 3. The fourth-order valence-electron chi connectivity index (χ4n) is 6.38. The molecule has 10 heteroatoms. The van der Waals surface area contributed by atoms with Crippen LogP contribution in [-0.2, 0) is 24.1 Å². The van der Waals surface area contributed by atoms with Crippen LogP contribution in [0.2, 0.25) is 0 Å². The first kappa shape index (κ1) is 35.8. The zero-order valence-corrected chi connectivity index (χ0v) is 29.8. The van der Waals surface area contributed by atoms with E-state index in [4.69, 9.17) is 10.00 Å². The van der Waals surface area contributed by atoms with E-state index in [0.29, 0.717) is 47.8 Å². The first-order valence-corrected chi connectivity index (χ1v) is 17.5. The third kappa shape index (κ3) is 8.08. The monoisotopic (exact) mass is 723 g/mol. The Morgan fingerprint density at radius 3 is 1.13 bits per heavy atom. The molecule has 0 amide bonds. The van der Waals surface area contributed by atoms with Crippen molar-refractivity contribution in [3.8, 4) is 29.1 Å². The summed E-state index contributed by atoms with van der Waals surface area (Å²) in [6, 6.07) is 43.8. The van der Waals surface area contributed by atoms with E-state index in [2.05, 4.69) is 29.3 Å². The van der Waals surface area contributed by atoms with Gasteiger partial charge in [-0.15, -0.1) is 5.26 Å². The Balaban J connectivity index is 1.26. The first-order valence-electron chi connectivity index (χ1n) is 17.5. The summed E-state index contributed by atoms with van der Waals surface area (Å²) in [5.74, 6) is 0.445. The van der Waals surface area contributed by atoms with Crippen molar-refractivity contribution in [2.45, 2.75) is 26.2 Å². The lowest BCUT2D eigenvalue weighted by molar-refractivity contribution is 0.507. The Hall–Kier alpha value is -7.60. The average molecular weight is 724 g/mol. The summed E-state index contributed by atoms with van der Waals surface area (Å²) in [5.41, 5.74) is 6.14. The maximum absolute atomic E-state index is 14.2. The molecule has 0 unspecified atom stereocenters. The van der Waals surface area contributed by atoms with Crippen LogP contribution in [0.5, 0.6) is 5.75 Å². The Bertz CT molecular complexity index is 2730. The van der Waals surface area contributed by atoms with Crippen LogP contribution in [0.1, 0.15) is 38.9 Å². The van der Waals surface area contributed by atoms with Crippen molar-refractivity contribution in [2.24, 2.45) is 4.99 Å². The second-order valence-corrected chi connectivity index (χ2v) is 13.1. The highest BCUT2D eigenvalue weighted by Crippen LogP contribution is 2.19. The van der Waals surface area contributed by atoms with E-state index in [9.17, 15) is 19.2 Å². The molecule has 0 aliphatic heterocycles. The van der Waals surface area contributed by atoms with Gasteiger partial charge in [-0.25, -0.2) is 32.9 Å². The van der Waals surface area contributed by atoms with Gasteiger partial charge in [0.15, 0.2) is 0 Å². The predicted molar refractivity (Wildman–Crippen MR) is 210 cm³/mol. The van der Waals surface area contributed by atoms with Crippen molar-refractivity contribution in [3.05, 3.63) is 216 Å². The van der Waals surface area contributed by atoms with Crippen molar-refractivity contribution >= 4 is 11.8 Å². The fraction of sp³-hybridized carbons (Fsp3) is 0.0889. The summed E-state index contributed by atoms with van der Waals surface area (Å²) in [7, 11) is 0. The molecular formula is C45H33N5O5. The number of aliphatic imine (C=N–C) groups is 1. The minimum Gasteiger partial charge on any atom is -0.388 e. The van der Waals surface area contributed by atoms with Gasteiger partial charge >= 0.3 is 17.1 Å². The van der Waals surface area contributed by atoms with E-state index >= 15 is 0 Å². The zero-order chi connectivity index (χ0) is 38.3. The van der Waals surface area contributed by atoms with Gasteiger partial charge in [0.05, 0.1) is 22.7 Å². The number of nitriles is 1. The summed E-state index contributed by atoms with van der Waals surface area (Å²) in [6.45, 7) is 2.04. The van der Waals surface area contributed by atoms with Crippen LogP contribution in [-0.4, -0.2) is 19.8 Å². The van der Waals surface area contributed by atoms with Gasteiger partial charge in [-0.1, -0.05) is 90.5 Å². The van der Waals surface area contributed by atoms with Crippen LogP contribution in [0, 0.1) is 18.4 Å². The molecule has 0 spiro atoms. The van der Waals surface area contributed by atoms with E-state index in [1.54, 1.807) is 66.9 Å². The number of aryl methyl sites for hydroxylation is 1. The molecule has 0 aliphatic rings. The molecule has 0 atom stereocenters. The molecule has 1 aromatic heterocycles. The summed E-state index contributed by atoms with van der Waals surface area (Å²) < 4.78 is 7.91. The van der Waals surface area contributed by atoms with Crippen LogP contribution in [0.15, 0.2) is 165 Å². The predicted octanol–water partition coefficient (Wildman–Crippen LogP) is 7.05. The molecule has 1 heterocycles. The lowest BCUT2D eigenvalue weighted by Gasteiger charge is -2.15. The summed E-state index contributed by atoms with van der Waals surface area (Å²) in [4.78, 5) is 56.9. The third-order valence-electron chi connectivity index (χ3n) is 9.27. The van der Waals surface area contributed by atoms with Gasteiger partial charge in [0.2, 0.25) is 6.08 Å². The summed E-state index contributed by atoms with van der Waals surface area (Å²) >= 11 is 0. The van der Waals surface area contributed by atoms with Gasteiger partial charge in [0, 0.05) is 0 Å². The Morgan fingerprint density at radius 1 is 0.491 bits per heavy atom. The van der Waals surface area contributed by atoms with Crippen LogP contribution in [0.3, 0.4) is 0 Å². The topological polar surface area (TPSA) is 128 Å². The maximum atomic E-state index is 14.2. The van der Waals surface area contributed by atoms with Gasteiger partial charge in [-0.2, -0.15) is 4.99 Å². The lowest BCUT2D eigenvalue weighted by Crippen LogP contribution is -2.52. The molecule has 0 fully saturated rings. The number of isocyanates is 1. The maximum Gasteiger partial charge on any atom is 0.345 e. The van der Waals surface area contributed by atoms with Crippen molar-refractivity contribution < 1.29 is 9.53 Å². The molecule has 0 saturated carbocycles. The van der Waals surface area contributed by atoms with Crippen LogP contribution < -0.4 is 21.8 Å². The molecule has 0 saturated heterocycles. The molecule has 55 heavy (non-hydrogen) atoms. The summed E-state index contributed by atoms with van der Waals surface area (Å²) in [6.07, 6.45) is 4.98. The van der Waals surface area contributed by atoms with Gasteiger partial charge in [0.1, 0.15) is 5.75 Å². The molecule has 6 aromatic carbocycles. The highest BCUT2D eigenvalue weighted by molar-refractivity contribution is 5.50. The highest BCUT2D eigenvalue weighted by Gasteiger charge is 2.20. The number of hydrogen-bond donors (Lipinski definition) is 0. The average Bonchev–Trinajstić information content (AvgIpc) is 3.19. The zero-order valence-electron chi connectivity index (χ0n) is 29.8. The Kier molecular flexibility index (Phi) is 10.4. The number of rotatable bonds is 11. The number of benzene rings is 6. The first-order chi connectivity index (χ1) is 26.8. The molecule has 0 radical (unpaired) electrons. The van der Waals surface area contributed by atoms with Crippen molar-refractivity contribution in [3.63, 3.8) is 0 Å². The quantitative estimate of drug-likeness (QED) is 0.0800. The number of nitrogens with zero attached hydrogens (tertiary/aromatic N) is 5. The van der Waals surface area contributed by atoms with Crippen molar-refractivity contribution in [1.29, 1.82) is 5.26 Å². The van der Waals surface area contributed by atoms with Gasteiger partial charge in [-0.05, 0) is 120 Å². The van der Waals surface area contributed by atoms with E-state index < -0.39 is 17.1 Å². The Labute approximate surface area is 315 Å². The summed E-state index contributed by atoms with van der Waals surface area (Å²) in [5, 5.41) is 8.76. The van der Waals surface area contributed by atoms with Crippen LogP contribution >= 0.6 is 0 Å². The number of hydrogen-bond acceptors (Lipinski definition) is 7. The molecule has 10 nitrogen and oxygen atoms in total. The standard InChI is InChI=1S/C45H33N5O5/c1-31-2-4-32(5-3-31)26-34-8-18-39(19-9-34)48-43(52)49(40-20-10-35(11-21-40)27-33-6-16-38(17-7-33)47-30-51)45(54)50(44(48)53)41-22-12-36(13-23-41)28-37-14-24-42(25-15-37)55-29-46/h2-25H,26-28H2,1H3. The largest absolute Gasteiger partial charge is 0.388 e. The lowest BCUT2D eigenvalue weighted by atomic mass is 10.0. The molecule has 7 rings (SSSR count). The van der Waals surface area contributed by atoms with E-state index in [1.165, 1.54) is 11.6 Å². The Morgan fingerprint density at radius 2 is 0.800 bits per heavy atom. The van der Waals surface area contributed by atoms with Crippen molar-refractivity contribution in [2.75, 3.05) is 0 Å². The van der Waals surface area contributed by atoms with E-state index in [0.717, 1.165) is 47.1 Å². The van der Waals surface area contributed by atoms with E-state index in [1.807, 2.05) is 67.6 Å². The minimum atomic E-state index is -0.804. The molecule has 268 valence electrons. The molecular weight excluding hydrogens is 691 g/mol. The second kappa shape index (κ2) is 16.0. The van der Waals surface area contributed by atoms with E-state index in [-0.39, 0.29) is 0 Å². The van der Waals surface area contributed by atoms with Crippen molar-refractivity contribution in [1.82, 2.24) is 13.7 Å². The highest BCUT2D eigenvalue weighted by atomic mass is 16.5. The van der Waals surface area contributed by atoms with Gasteiger partial charge in [0.25, 0.3) is 6.26 Å². The molecule has 7 aromatic rings. The number of carbonyl (C=O) groups excluding carboxylic acids is 1. The van der Waals surface area contributed by atoms with Crippen LogP contribution in [0.4, 0.5) is 5.69 Å². The molecule has 0 N–H and O–H groups in total. The molecule has 0 bridgehead atoms. The molecule has 0 aliphatic carbocycles. The smallest absolute Gasteiger partial charge is 0.345 e. The normalized spacial score (nSPS) is 10.7.